The first-order valence-corrected chi connectivity index (χ1v) is 9.72. The number of carbonyl (C=O) groups excluding carboxylic acids is 1. The van der Waals surface area contributed by atoms with Gasteiger partial charge in [0.15, 0.2) is 0 Å². The number of nitro groups is 1. The summed E-state index contributed by atoms with van der Waals surface area (Å²) in [6.07, 6.45) is 0.600. The molecule has 1 aromatic carbocycles. The van der Waals surface area contributed by atoms with Crippen LogP contribution >= 0.6 is 22.9 Å². The van der Waals surface area contributed by atoms with Crippen LogP contribution in [0, 0.1) is 10.1 Å². The van der Waals surface area contributed by atoms with Crippen molar-refractivity contribution < 1.29 is 14.5 Å². The van der Waals surface area contributed by atoms with Gasteiger partial charge < -0.3 is 15.4 Å². The molecule has 0 radical (unpaired) electrons. The number of thiazole rings is 1. The van der Waals surface area contributed by atoms with E-state index < -0.39 is 11.0 Å². The summed E-state index contributed by atoms with van der Waals surface area (Å²) >= 11 is 7.28. The normalized spacial score (nSPS) is 10.4. The fourth-order valence-electron chi connectivity index (χ4n) is 2.26. The molecule has 3 aromatic rings. The van der Waals surface area contributed by atoms with Crippen molar-refractivity contribution in [3.05, 3.63) is 68.1 Å². The Morgan fingerprint density at radius 2 is 2.00 bits per heavy atom. The molecule has 0 fully saturated rings. The summed E-state index contributed by atoms with van der Waals surface area (Å²) in [5.74, 6) is 0.475. The first kappa shape index (κ1) is 20.5. The molecule has 0 spiro atoms. The third-order valence-electron chi connectivity index (χ3n) is 3.68. The van der Waals surface area contributed by atoms with Crippen molar-refractivity contribution in [2.45, 2.75) is 6.61 Å². The van der Waals surface area contributed by atoms with Crippen LogP contribution in [-0.2, 0) is 11.3 Å². The molecule has 0 aliphatic carbocycles. The minimum Gasteiger partial charge on any atom is -0.442 e. The smallest absolute Gasteiger partial charge is 0.407 e. The third kappa shape index (κ3) is 6.13. The van der Waals surface area contributed by atoms with E-state index in [0.717, 1.165) is 17.5 Å². The number of hydrogen-bond donors (Lipinski definition) is 2. The van der Waals surface area contributed by atoms with Gasteiger partial charge in [0.25, 0.3) is 5.69 Å². The summed E-state index contributed by atoms with van der Waals surface area (Å²) in [4.78, 5) is 30.2. The van der Waals surface area contributed by atoms with Gasteiger partial charge in [-0.05, 0) is 18.2 Å². The number of benzene rings is 1. The number of anilines is 1. The molecule has 0 saturated heterocycles. The average molecular weight is 434 g/mol. The number of nitrogens with zero attached hydrogens (tertiary/aromatic N) is 3. The van der Waals surface area contributed by atoms with E-state index in [1.165, 1.54) is 23.5 Å². The first-order valence-electron chi connectivity index (χ1n) is 8.46. The van der Waals surface area contributed by atoms with Crippen LogP contribution in [0.1, 0.15) is 5.01 Å². The molecule has 0 aliphatic rings. The zero-order valence-electron chi connectivity index (χ0n) is 15.0. The molecule has 9 nitrogen and oxygen atoms in total. The Morgan fingerprint density at radius 1 is 1.21 bits per heavy atom. The van der Waals surface area contributed by atoms with Crippen molar-refractivity contribution >= 4 is 40.5 Å². The molecule has 2 aromatic heterocycles. The van der Waals surface area contributed by atoms with E-state index in [9.17, 15) is 14.9 Å². The SMILES string of the molecule is O=C(NCCNc1ccc([N+](=O)[O-])cn1)OCc1nc(-c2ccc(Cl)cc2)cs1. The van der Waals surface area contributed by atoms with Crippen molar-refractivity contribution in [2.75, 3.05) is 18.4 Å². The van der Waals surface area contributed by atoms with Crippen molar-refractivity contribution in [3.63, 3.8) is 0 Å². The van der Waals surface area contributed by atoms with Crippen LogP contribution in [0.5, 0.6) is 0 Å². The maximum absolute atomic E-state index is 11.8. The van der Waals surface area contributed by atoms with Gasteiger partial charge in [-0.1, -0.05) is 23.7 Å². The second-order valence-electron chi connectivity index (χ2n) is 5.72. The molecule has 0 aliphatic heterocycles. The van der Waals surface area contributed by atoms with E-state index in [0.29, 0.717) is 28.9 Å². The number of pyridine rings is 1. The van der Waals surface area contributed by atoms with E-state index in [1.54, 1.807) is 12.1 Å². The predicted octanol–water partition coefficient (Wildman–Crippen LogP) is 4.11. The predicted molar refractivity (Wildman–Crippen MR) is 110 cm³/mol. The highest BCUT2D eigenvalue weighted by Gasteiger charge is 2.08. The number of nitrogens with one attached hydrogen (secondary N) is 2. The van der Waals surface area contributed by atoms with Gasteiger partial charge in [0.2, 0.25) is 0 Å². The van der Waals surface area contributed by atoms with Gasteiger partial charge in [-0.15, -0.1) is 11.3 Å². The number of amides is 1. The molecule has 2 N–H and O–H groups in total. The van der Waals surface area contributed by atoms with E-state index in [2.05, 4.69) is 20.6 Å². The maximum atomic E-state index is 11.8. The minimum atomic E-state index is -0.563. The van der Waals surface area contributed by atoms with Crippen molar-refractivity contribution in [1.29, 1.82) is 0 Å². The summed E-state index contributed by atoms with van der Waals surface area (Å²) in [7, 11) is 0. The lowest BCUT2D eigenvalue weighted by atomic mass is 10.2. The Kier molecular flexibility index (Phi) is 6.93. The highest BCUT2D eigenvalue weighted by Crippen LogP contribution is 2.23. The molecular weight excluding hydrogens is 418 g/mol. The Hall–Kier alpha value is -3.24. The number of carbonyl (C=O) groups is 1. The molecule has 0 unspecified atom stereocenters. The van der Waals surface area contributed by atoms with E-state index in [1.807, 2.05) is 17.5 Å². The van der Waals surface area contributed by atoms with Crippen LogP contribution in [0.15, 0.2) is 48.0 Å². The van der Waals surface area contributed by atoms with Crippen molar-refractivity contribution in [2.24, 2.45) is 0 Å². The number of ether oxygens (including phenoxy) is 1. The van der Waals surface area contributed by atoms with E-state index in [-0.39, 0.29) is 12.3 Å². The molecule has 150 valence electrons. The quantitative estimate of drug-likeness (QED) is 0.311. The number of alkyl carbamates (subject to hydrolysis) is 1. The zero-order chi connectivity index (χ0) is 20.6. The van der Waals surface area contributed by atoms with Crippen molar-refractivity contribution in [1.82, 2.24) is 15.3 Å². The lowest BCUT2D eigenvalue weighted by Gasteiger charge is -2.07. The summed E-state index contributed by atoms with van der Waals surface area (Å²) in [6.45, 7) is 0.755. The molecule has 0 saturated carbocycles. The summed E-state index contributed by atoms with van der Waals surface area (Å²) in [5.41, 5.74) is 1.65. The molecule has 2 heterocycles. The highest BCUT2D eigenvalue weighted by molar-refractivity contribution is 7.09. The summed E-state index contributed by atoms with van der Waals surface area (Å²) < 4.78 is 5.15. The van der Waals surface area contributed by atoms with Gasteiger partial charge in [-0.3, -0.25) is 10.1 Å². The molecule has 0 atom stereocenters. The first-order chi connectivity index (χ1) is 14.0. The zero-order valence-corrected chi connectivity index (χ0v) is 16.6. The minimum absolute atomic E-state index is 0.0709. The summed E-state index contributed by atoms with van der Waals surface area (Å²) in [5, 5.41) is 19.3. The fourth-order valence-corrected chi connectivity index (χ4v) is 3.10. The largest absolute Gasteiger partial charge is 0.442 e. The van der Waals surface area contributed by atoms with Gasteiger partial charge in [-0.25, -0.2) is 14.8 Å². The number of rotatable bonds is 8. The molecule has 29 heavy (non-hydrogen) atoms. The Morgan fingerprint density at radius 3 is 2.69 bits per heavy atom. The fraction of sp³-hybridized carbons (Fsp3) is 0.167. The number of halogens is 1. The van der Waals surface area contributed by atoms with Gasteiger partial charge in [-0.2, -0.15) is 0 Å². The van der Waals surface area contributed by atoms with Crippen LogP contribution in [0.2, 0.25) is 5.02 Å². The molecular formula is C18H16ClN5O4S. The Balaban J connectivity index is 1.37. The van der Waals surface area contributed by atoms with E-state index >= 15 is 0 Å². The maximum Gasteiger partial charge on any atom is 0.407 e. The lowest BCUT2D eigenvalue weighted by Crippen LogP contribution is -2.29. The van der Waals surface area contributed by atoms with Crippen LogP contribution in [-0.4, -0.2) is 34.1 Å². The monoisotopic (exact) mass is 433 g/mol. The highest BCUT2D eigenvalue weighted by atomic mass is 35.5. The molecule has 3 rings (SSSR count). The standard InChI is InChI=1S/C18H16ClN5O4S/c19-13-3-1-12(2-4-13)15-11-29-17(23-15)10-28-18(25)21-8-7-20-16-6-5-14(9-22-16)24(26)27/h1-6,9,11H,7-8,10H2,(H,20,22)(H,21,25). The van der Waals surface area contributed by atoms with Crippen LogP contribution < -0.4 is 10.6 Å². The second kappa shape index (κ2) is 9.80. The van der Waals surface area contributed by atoms with Gasteiger partial charge in [0.1, 0.15) is 23.6 Å². The number of hydrogen-bond acceptors (Lipinski definition) is 8. The Bertz CT molecular complexity index is 979. The Labute approximate surface area is 174 Å². The van der Waals surface area contributed by atoms with Gasteiger partial charge in [0, 0.05) is 35.1 Å². The topological polar surface area (TPSA) is 119 Å². The van der Waals surface area contributed by atoms with Crippen LogP contribution in [0.3, 0.4) is 0 Å². The van der Waals surface area contributed by atoms with Crippen molar-refractivity contribution in [3.8, 4) is 11.3 Å². The average Bonchev–Trinajstić information content (AvgIpc) is 3.19. The van der Waals surface area contributed by atoms with Gasteiger partial charge >= 0.3 is 6.09 Å². The van der Waals surface area contributed by atoms with E-state index in [4.69, 9.17) is 16.3 Å². The van der Waals surface area contributed by atoms with Crippen LogP contribution in [0.4, 0.5) is 16.3 Å². The third-order valence-corrected chi connectivity index (χ3v) is 4.75. The number of aromatic nitrogens is 2. The lowest BCUT2D eigenvalue weighted by molar-refractivity contribution is -0.385. The van der Waals surface area contributed by atoms with Gasteiger partial charge in [0.05, 0.1) is 10.6 Å². The molecule has 11 heteroatoms. The summed E-state index contributed by atoms with van der Waals surface area (Å²) in [6, 6.07) is 10.2. The second-order valence-corrected chi connectivity index (χ2v) is 7.10. The molecule has 0 bridgehead atoms. The van der Waals surface area contributed by atoms with Crippen LogP contribution in [0.25, 0.3) is 11.3 Å². The molecule has 1 amide bonds.